The molecule has 0 aliphatic rings. The van der Waals surface area contributed by atoms with Crippen molar-refractivity contribution in [1.29, 1.82) is 0 Å². The van der Waals surface area contributed by atoms with Crippen molar-refractivity contribution in [3.05, 3.63) is 193 Å². The fourth-order valence-corrected chi connectivity index (χ4v) is 14.4. The second-order valence-corrected chi connectivity index (χ2v) is 34.5. The summed E-state index contributed by atoms with van der Waals surface area (Å²) in [4.78, 5) is 97.2. The van der Waals surface area contributed by atoms with Gasteiger partial charge < -0.3 is 57.8 Å². The molecule has 12 aromatic rings. The van der Waals surface area contributed by atoms with E-state index in [0.29, 0.717) is 183 Å². The normalized spacial score (nSPS) is 11.6. The van der Waals surface area contributed by atoms with Crippen LogP contribution in [0.3, 0.4) is 0 Å². The number of esters is 6. The Balaban J connectivity index is 0.947. The first-order valence-corrected chi connectivity index (χ1v) is 44.9. The highest BCUT2D eigenvalue weighted by molar-refractivity contribution is 6.00. The molecule has 698 valence electrons. The highest BCUT2D eigenvalue weighted by atomic mass is 16.6. The number of carbonyl (C=O) groups excluding carboxylic acids is 6. The minimum atomic E-state index is -0.521. The Morgan fingerprint density at radius 1 is 0.227 bits per heavy atom. The van der Waals surface area contributed by atoms with Crippen LogP contribution in [-0.2, 0) is 107 Å². The molecule has 6 aromatic heterocycles. The van der Waals surface area contributed by atoms with E-state index in [1.165, 1.54) is 0 Å². The SMILES string of the molecule is CN(C)CCn1cc(CCCC(=O)Oc2ccc(-c3ccc(OC(=O)CCCc4cn(CCN(C)C)nn4)cc3-c3cc(OC(=O)CCCc4cn(CCN(C)C)nn4)ccc3-c3ccc(OC(=O)CCCc4cn(CCN(C)C)nn4)cc3-c3cc(OC(=O)CCCc4cn(CCN(C)C)nn4)ccc3-c3ccc(OC(=O)CCCc4cn(CCN(C)C)nn4)cc3)cc2)nn1. The quantitative estimate of drug-likeness (QED) is 0.0252. The summed E-state index contributed by atoms with van der Waals surface area (Å²) in [6.45, 7) is 8.60. The number of benzene rings is 6. The lowest BCUT2D eigenvalue weighted by Crippen LogP contribution is -2.18. The maximum atomic E-state index is 14.4. The summed E-state index contributed by atoms with van der Waals surface area (Å²) >= 11 is 0. The maximum absolute atomic E-state index is 14.4. The van der Waals surface area contributed by atoms with Crippen molar-refractivity contribution in [1.82, 2.24) is 119 Å². The van der Waals surface area contributed by atoms with Crippen LogP contribution in [0.5, 0.6) is 34.5 Å². The Morgan fingerprint density at radius 2 is 0.402 bits per heavy atom. The Hall–Kier alpha value is -13.3. The fourth-order valence-electron chi connectivity index (χ4n) is 14.4. The predicted octanol–water partition coefficient (Wildman–Crippen LogP) is 10.5. The average molecular weight is 1800 g/mol. The van der Waals surface area contributed by atoms with Crippen molar-refractivity contribution in [2.24, 2.45) is 0 Å². The molecule has 0 amide bonds. The lowest BCUT2D eigenvalue weighted by atomic mass is 9.84. The molecule has 0 spiro atoms. The van der Waals surface area contributed by atoms with Gasteiger partial charge >= 0.3 is 35.8 Å². The third-order valence-corrected chi connectivity index (χ3v) is 21.6. The van der Waals surface area contributed by atoms with E-state index < -0.39 is 35.8 Å². The lowest BCUT2D eigenvalue weighted by Gasteiger charge is -2.21. The molecule has 6 heterocycles. The molecule has 0 N–H and O–H groups in total. The van der Waals surface area contributed by atoms with Crippen LogP contribution >= 0.6 is 0 Å². The van der Waals surface area contributed by atoms with E-state index in [4.69, 9.17) is 28.4 Å². The Morgan fingerprint density at radius 3 is 0.598 bits per heavy atom. The first kappa shape index (κ1) is 97.8. The highest BCUT2D eigenvalue weighted by Crippen LogP contribution is 2.48. The molecular formula is C96H122N24O12. The molecule has 0 saturated heterocycles. The number of aryl methyl sites for hydroxylation is 6. The van der Waals surface area contributed by atoms with Gasteiger partial charge in [0.05, 0.1) is 73.4 Å². The smallest absolute Gasteiger partial charge is 0.311 e. The summed E-state index contributed by atoms with van der Waals surface area (Å²) in [7, 11) is 23.9. The van der Waals surface area contributed by atoms with E-state index >= 15 is 0 Å². The van der Waals surface area contributed by atoms with Gasteiger partial charge in [-0.25, -0.2) is 0 Å². The zero-order chi connectivity index (χ0) is 93.4. The largest absolute Gasteiger partial charge is 0.427 e. The van der Waals surface area contributed by atoms with Crippen LogP contribution in [0, 0.1) is 0 Å². The van der Waals surface area contributed by atoms with Gasteiger partial charge in [0.15, 0.2) is 0 Å². The van der Waals surface area contributed by atoms with E-state index in [9.17, 15) is 28.8 Å². The summed E-state index contributed by atoms with van der Waals surface area (Å²) in [6, 6.07) is 35.4. The van der Waals surface area contributed by atoms with Crippen LogP contribution in [0.1, 0.15) is 111 Å². The number of rotatable bonds is 53. The molecule has 0 aliphatic heterocycles. The molecule has 0 atom stereocenters. The molecule has 132 heavy (non-hydrogen) atoms. The van der Waals surface area contributed by atoms with Crippen molar-refractivity contribution < 1.29 is 57.2 Å². The molecule has 0 radical (unpaired) electrons. The van der Waals surface area contributed by atoms with Crippen LogP contribution in [0.4, 0.5) is 0 Å². The number of hydrogen-bond acceptors (Lipinski definition) is 30. The van der Waals surface area contributed by atoms with Crippen LogP contribution in [-0.4, -0.2) is 279 Å². The van der Waals surface area contributed by atoms with Crippen molar-refractivity contribution in [2.45, 2.75) is 155 Å². The van der Waals surface area contributed by atoms with Gasteiger partial charge in [-0.2, -0.15) is 0 Å². The lowest BCUT2D eigenvalue weighted by molar-refractivity contribution is -0.135. The average Bonchev–Trinajstić information content (AvgIpc) is 0.776. The van der Waals surface area contributed by atoms with Gasteiger partial charge in [-0.3, -0.25) is 56.9 Å². The summed E-state index contributed by atoms with van der Waals surface area (Å²) in [5, 5.41) is 51.9. The standard InChI is InChI=1S/C96H122N24O12/c1-109(2)47-53-115-63-71(97-103-115)19-13-25-91(121)127-77-35-31-69(32-36-77)83-43-39-79(129-93(123)27-15-21-73-65-117(105-99-73)55-49-111(5)6)59-87(83)89-61-81(131-95(125)29-17-23-75-67-119(107-101-75)57-51-113(9)10)41-45-85(89)86-46-42-82(132-96(126)30-18-24-76-68-120(108-102-76)58-52-114(11)12)62-90(86)88-60-80(130-94(124)28-16-22-74-66-118(106-100-74)56-50-112(7)8)40-44-84(88)70-33-37-78(38-34-70)128-92(122)26-14-20-72-64-116(104-98-72)54-48-110(3)4/h31-46,59-68H,13-30,47-58H2,1-12H3. The third-order valence-electron chi connectivity index (χ3n) is 21.6. The minimum absolute atomic E-state index is 0.0179. The summed E-state index contributed by atoms with van der Waals surface area (Å²) in [5.41, 5.74) is 9.99. The highest BCUT2D eigenvalue weighted by Gasteiger charge is 2.26. The molecule has 0 bridgehead atoms. The summed E-state index contributed by atoms with van der Waals surface area (Å²) in [6.07, 6.45) is 17.1. The van der Waals surface area contributed by atoms with Crippen LogP contribution < -0.4 is 28.4 Å². The second-order valence-electron chi connectivity index (χ2n) is 34.5. The number of ether oxygens (including phenoxy) is 6. The van der Waals surface area contributed by atoms with Gasteiger partial charge in [-0.05, 0) is 290 Å². The molecule has 0 aliphatic carbocycles. The molecule has 36 heteroatoms. The van der Waals surface area contributed by atoms with Crippen LogP contribution in [0.25, 0.3) is 55.6 Å². The van der Waals surface area contributed by atoms with Crippen molar-refractivity contribution in [2.75, 3.05) is 124 Å². The van der Waals surface area contributed by atoms with E-state index in [1.807, 2.05) is 170 Å². The van der Waals surface area contributed by atoms with E-state index in [0.717, 1.165) is 73.4 Å². The number of hydrogen-bond donors (Lipinski definition) is 0. The second kappa shape index (κ2) is 49.1. The molecular weight excluding hydrogens is 1680 g/mol. The van der Waals surface area contributed by atoms with Crippen molar-refractivity contribution in [3.8, 4) is 90.1 Å². The fraction of sp³-hybridized carbons (Fsp3) is 0.438. The first-order valence-electron chi connectivity index (χ1n) is 44.9. The van der Waals surface area contributed by atoms with Crippen LogP contribution in [0.15, 0.2) is 159 Å². The van der Waals surface area contributed by atoms with Gasteiger partial charge in [0.2, 0.25) is 0 Å². The van der Waals surface area contributed by atoms with E-state index in [2.05, 4.69) is 91.3 Å². The van der Waals surface area contributed by atoms with Crippen molar-refractivity contribution in [3.63, 3.8) is 0 Å². The molecule has 36 nitrogen and oxygen atoms in total. The van der Waals surface area contributed by atoms with Crippen LogP contribution in [0.2, 0.25) is 0 Å². The van der Waals surface area contributed by atoms with Crippen molar-refractivity contribution >= 4 is 35.8 Å². The molecule has 0 fully saturated rings. The number of nitrogens with zero attached hydrogens (tertiary/aromatic N) is 24. The number of carbonyl (C=O) groups is 6. The maximum Gasteiger partial charge on any atom is 0.311 e. The number of aromatic nitrogens is 18. The van der Waals surface area contributed by atoms with Gasteiger partial charge in [-0.15, -0.1) is 30.6 Å². The zero-order valence-electron chi connectivity index (χ0n) is 77.9. The van der Waals surface area contributed by atoms with E-state index in [1.54, 1.807) is 101 Å². The van der Waals surface area contributed by atoms with Gasteiger partial charge in [0, 0.05) is 115 Å². The Labute approximate surface area is 770 Å². The molecule has 0 saturated carbocycles. The first-order chi connectivity index (χ1) is 63.7. The molecule has 0 unspecified atom stereocenters. The number of likely N-dealkylation sites (N-methyl/N-ethyl adjacent to an activating group) is 6. The van der Waals surface area contributed by atoms with E-state index in [-0.39, 0.29) is 61.5 Å². The summed E-state index contributed by atoms with van der Waals surface area (Å²) in [5.74, 6) is -1.62. The monoisotopic (exact) mass is 1800 g/mol. The minimum Gasteiger partial charge on any atom is -0.427 e. The van der Waals surface area contributed by atoms with Gasteiger partial charge in [-0.1, -0.05) is 79.8 Å². The predicted molar refractivity (Wildman–Crippen MR) is 497 cm³/mol. The van der Waals surface area contributed by atoms with Gasteiger partial charge in [0.25, 0.3) is 0 Å². The molecule has 12 rings (SSSR count). The zero-order valence-corrected chi connectivity index (χ0v) is 77.9. The topological polar surface area (TPSA) is 362 Å². The Kier molecular flexibility index (Phi) is 36.4. The molecule has 6 aromatic carbocycles. The summed E-state index contributed by atoms with van der Waals surface area (Å²) < 4.78 is 48.1. The third kappa shape index (κ3) is 31.5. The van der Waals surface area contributed by atoms with Gasteiger partial charge in [0.1, 0.15) is 34.5 Å². The Bertz CT molecular complexity index is 5400.